The quantitative estimate of drug-likeness (QED) is 0.871. The molecule has 0 saturated carbocycles. The molecule has 0 amide bonds. The van der Waals surface area contributed by atoms with Crippen molar-refractivity contribution in [2.24, 2.45) is 0 Å². The van der Waals surface area contributed by atoms with Gasteiger partial charge in [0, 0.05) is 12.1 Å². The monoisotopic (exact) mass is 279 g/mol. The third-order valence-corrected chi connectivity index (χ3v) is 4.73. The molecule has 0 bridgehead atoms. The van der Waals surface area contributed by atoms with Gasteiger partial charge in [-0.05, 0) is 62.3 Å². The van der Waals surface area contributed by atoms with Crippen molar-refractivity contribution >= 4 is 0 Å². The number of hydrogen-bond donors (Lipinski definition) is 1. The summed E-state index contributed by atoms with van der Waals surface area (Å²) in [5.41, 5.74) is 7.23. The van der Waals surface area contributed by atoms with Crippen LogP contribution in [-0.2, 0) is 12.8 Å². The number of hydrogen-bond acceptors (Lipinski definition) is 1. The fourth-order valence-electron chi connectivity index (χ4n) is 3.51. The largest absolute Gasteiger partial charge is 0.307 e. The summed E-state index contributed by atoms with van der Waals surface area (Å²) in [5, 5.41) is 3.84. The number of nitrogens with one attached hydrogen (secondary N) is 1. The molecule has 3 rings (SSSR count). The summed E-state index contributed by atoms with van der Waals surface area (Å²) >= 11 is 0. The summed E-state index contributed by atoms with van der Waals surface area (Å²) in [6.07, 6.45) is 3.60. The maximum absolute atomic E-state index is 3.84. The highest BCUT2D eigenvalue weighted by molar-refractivity contribution is 5.33. The summed E-state index contributed by atoms with van der Waals surface area (Å²) in [6.45, 7) is 6.68. The zero-order valence-corrected chi connectivity index (χ0v) is 13.3. The molecule has 0 radical (unpaired) electrons. The van der Waals surface area contributed by atoms with Crippen molar-refractivity contribution in [3.8, 4) is 0 Å². The third-order valence-electron chi connectivity index (χ3n) is 4.73. The van der Waals surface area contributed by atoms with E-state index in [9.17, 15) is 0 Å². The summed E-state index contributed by atoms with van der Waals surface area (Å²) < 4.78 is 0. The van der Waals surface area contributed by atoms with Crippen LogP contribution in [0, 0.1) is 13.8 Å². The minimum Gasteiger partial charge on any atom is -0.307 e. The van der Waals surface area contributed by atoms with Gasteiger partial charge in [0.15, 0.2) is 0 Å². The lowest BCUT2D eigenvalue weighted by Crippen LogP contribution is -2.36. The first-order chi connectivity index (χ1) is 10.1. The van der Waals surface area contributed by atoms with Gasteiger partial charge < -0.3 is 5.32 Å². The van der Waals surface area contributed by atoms with Gasteiger partial charge in [0.05, 0.1) is 0 Å². The number of fused-ring (bicyclic) bond motifs is 1. The first kappa shape index (κ1) is 14.3. The molecule has 0 heterocycles. The van der Waals surface area contributed by atoms with E-state index in [1.165, 1.54) is 40.7 Å². The molecule has 2 unspecified atom stereocenters. The van der Waals surface area contributed by atoms with E-state index in [4.69, 9.17) is 0 Å². The molecule has 2 aromatic carbocycles. The van der Waals surface area contributed by atoms with E-state index in [0.29, 0.717) is 12.1 Å². The molecule has 21 heavy (non-hydrogen) atoms. The lowest BCUT2D eigenvalue weighted by atomic mass is 9.87. The van der Waals surface area contributed by atoms with Crippen molar-refractivity contribution in [3.05, 3.63) is 70.3 Å². The Hall–Kier alpha value is -1.60. The molecule has 1 heteroatoms. The number of aryl methyl sites for hydroxylation is 3. The van der Waals surface area contributed by atoms with E-state index < -0.39 is 0 Å². The van der Waals surface area contributed by atoms with Crippen molar-refractivity contribution in [2.45, 2.75) is 52.1 Å². The Bertz CT molecular complexity index is 629. The van der Waals surface area contributed by atoms with Crippen LogP contribution in [0.1, 0.15) is 47.2 Å². The van der Waals surface area contributed by atoms with E-state index in [0.717, 1.165) is 6.42 Å². The van der Waals surface area contributed by atoms with Crippen LogP contribution >= 0.6 is 0 Å². The van der Waals surface area contributed by atoms with Crippen LogP contribution in [0.5, 0.6) is 0 Å². The maximum Gasteiger partial charge on any atom is 0.0297 e. The highest BCUT2D eigenvalue weighted by atomic mass is 14.9. The molecule has 0 saturated heterocycles. The first-order valence-corrected chi connectivity index (χ1v) is 8.03. The van der Waals surface area contributed by atoms with Gasteiger partial charge in [-0.15, -0.1) is 0 Å². The standard InChI is InChI=1S/C20H25N/c1-14-8-9-15(2)20(12-14)16(3)21-19-11-10-17-6-4-5-7-18(17)13-19/h4-9,12,16,19,21H,10-11,13H2,1-3H3. The Labute approximate surface area is 128 Å². The van der Waals surface area contributed by atoms with Crippen LogP contribution in [0.25, 0.3) is 0 Å². The number of benzene rings is 2. The van der Waals surface area contributed by atoms with Gasteiger partial charge in [0.25, 0.3) is 0 Å². The van der Waals surface area contributed by atoms with E-state index in [-0.39, 0.29) is 0 Å². The molecule has 0 fully saturated rings. The predicted octanol–water partition coefficient (Wildman–Crippen LogP) is 4.51. The van der Waals surface area contributed by atoms with Crippen LogP contribution in [0.4, 0.5) is 0 Å². The molecule has 0 aromatic heterocycles. The average molecular weight is 279 g/mol. The molecule has 0 spiro atoms. The topological polar surface area (TPSA) is 12.0 Å². The fraction of sp³-hybridized carbons (Fsp3) is 0.400. The highest BCUT2D eigenvalue weighted by Crippen LogP contribution is 2.25. The Morgan fingerprint density at radius 1 is 1.05 bits per heavy atom. The molecule has 110 valence electrons. The predicted molar refractivity (Wildman–Crippen MR) is 89.7 cm³/mol. The van der Waals surface area contributed by atoms with Crippen LogP contribution < -0.4 is 5.32 Å². The Morgan fingerprint density at radius 3 is 2.62 bits per heavy atom. The van der Waals surface area contributed by atoms with Gasteiger partial charge >= 0.3 is 0 Å². The van der Waals surface area contributed by atoms with Crippen LogP contribution in [-0.4, -0.2) is 6.04 Å². The second-order valence-electron chi connectivity index (χ2n) is 6.46. The van der Waals surface area contributed by atoms with Gasteiger partial charge in [-0.2, -0.15) is 0 Å². The van der Waals surface area contributed by atoms with Crippen molar-refractivity contribution in [1.29, 1.82) is 0 Å². The zero-order valence-electron chi connectivity index (χ0n) is 13.3. The maximum atomic E-state index is 3.84. The summed E-state index contributed by atoms with van der Waals surface area (Å²) in [7, 11) is 0. The van der Waals surface area contributed by atoms with Crippen LogP contribution in [0.2, 0.25) is 0 Å². The van der Waals surface area contributed by atoms with Crippen molar-refractivity contribution in [2.75, 3.05) is 0 Å². The zero-order chi connectivity index (χ0) is 14.8. The second kappa shape index (κ2) is 6.03. The molecular formula is C20H25N. The highest BCUT2D eigenvalue weighted by Gasteiger charge is 2.20. The Kier molecular flexibility index (Phi) is 4.12. The summed E-state index contributed by atoms with van der Waals surface area (Å²) in [6, 6.07) is 16.6. The summed E-state index contributed by atoms with van der Waals surface area (Å²) in [4.78, 5) is 0. The first-order valence-electron chi connectivity index (χ1n) is 8.03. The Balaban J connectivity index is 1.71. The smallest absolute Gasteiger partial charge is 0.0297 e. The van der Waals surface area contributed by atoms with E-state index in [1.54, 1.807) is 0 Å². The normalized spacial score (nSPS) is 19.1. The fourth-order valence-corrected chi connectivity index (χ4v) is 3.51. The Morgan fingerprint density at radius 2 is 1.81 bits per heavy atom. The third kappa shape index (κ3) is 3.19. The molecule has 1 aliphatic carbocycles. The van der Waals surface area contributed by atoms with E-state index in [2.05, 4.69) is 68.6 Å². The second-order valence-corrected chi connectivity index (χ2v) is 6.46. The lowest BCUT2D eigenvalue weighted by molar-refractivity contribution is 0.413. The number of rotatable bonds is 3. The van der Waals surface area contributed by atoms with Crippen molar-refractivity contribution in [1.82, 2.24) is 5.32 Å². The molecular weight excluding hydrogens is 254 g/mol. The minimum atomic E-state index is 0.417. The molecule has 1 aliphatic rings. The van der Waals surface area contributed by atoms with E-state index >= 15 is 0 Å². The van der Waals surface area contributed by atoms with Gasteiger partial charge in [-0.25, -0.2) is 0 Å². The molecule has 1 N–H and O–H groups in total. The SMILES string of the molecule is Cc1ccc(C)c(C(C)NC2CCc3ccccc3C2)c1. The average Bonchev–Trinajstić information content (AvgIpc) is 2.49. The van der Waals surface area contributed by atoms with Gasteiger partial charge in [-0.1, -0.05) is 48.0 Å². The molecule has 1 nitrogen and oxygen atoms in total. The lowest BCUT2D eigenvalue weighted by Gasteiger charge is -2.29. The van der Waals surface area contributed by atoms with E-state index in [1.807, 2.05) is 0 Å². The van der Waals surface area contributed by atoms with Gasteiger partial charge in [-0.3, -0.25) is 0 Å². The molecule has 0 aliphatic heterocycles. The van der Waals surface area contributed by atoms with Crippen molar-refractivity contribution in [3.63, 3.8) is 0 Å². The van der Waals surface area contributed by atoms with Crippen LogP contribution in [0.3, 0.4) is 0 Å². The van der Waals surface area contributed by atoms with Gasteiger partial charge in [0.1, 0.15) is 0 Å². The van der Waals surface area contributed by atoms with Gasteiger partial charge in [0.2, 0.25) is 0 Å². The molecule has 2 atom stereocenters. The van der Waals surface area contributed by atoms with Crippen molar-refractivity contribution < 1.29 is 0 Å². The minimum absolute atomic E-state index is 0.417. The van der Waals surface area contributed by atoms with Crippen LogP contribution in [0.15, 0.2) is 42.5 Å². The summed E-state index contributed by atoms with van der Waals surface area (Å²) in [5.74, 6) is 0. The molecule has 2 aromatic rings.